The van der Waals surface area contributed by atoms with Gasteiger partial charge in [0.2, 0.25) is 0 Å². The molecule has 4 aromatic rings. The zero-order chi connectivity index (χ0) is 28.1. The van der Waals surface area contributed by atoms with Crippen LogP contribution in [0.1, 0.15) is 32.0 Å². The van der Waals surface area contributed by atoms with Crippen molar-refractivity contribution in [1.82, 2.24) is 14.8 Å². The third-order valence-corrected chi connectivity index (χ3v) is 8.00. The molecule has 0 fully saturated rings. The van der Waals surface area contributed by atoms with Gasteiger partial charge in [-0.05, 0) is 60.9 Å². The number of fused-ring (bicyclic) bond motifs is 3. The van der Waals surface area contributed by atoms with Crippen molar-refractivity contribution in [2.24, 2.45) is 5.73 Å². The van der Waals surface area contributed by atoms with Crippen molar-refractivity contribution in [3.8, 4) is 16.9 Å². The average Bonchev–Trinajstić information content (AvgIpc) is 3.29. The molecule has 200 valence electrons. The van der Waals surface area contributed by atoms with Crippen LogP contribution in [0.3, 0.4) is 0 Å². The Bertz CT molecular complexity index is 1750. The number of halogens is 4. The molecule has 0 saturated carbocycles. The summed E-state index contributed by atoms with van der Waals surface area (Å²) in [4.78, 5) is 27.9. The topological polar surface area (TPSA) is 137 Å². The van der Waals surface area contributed by atoms with Crippen LogP contribution in [0.5, 0.6) is 0 Å². The van der Waals surface area contributed by atoms with Crippen molar-refractivity contribution >= 4 is 38.9 Å². The number of nitrogens with one attached hydrogen (secondary N) is 1. The van der Waals surface area contributed by atoms with Gasteiger partial charge in [0.05, 0.1) is 26.9 Å². The number of hydrogen-bond donors (Lipinski definition) is 2. The smallest absolute Gasteiger partial charge is 0.364 e. The molecule has 0 bridgehead atoms. The van der Waals surface area contributed by atoms with Gasteiger partial charge in [-0.25, -0.2) is 13.1 Å². The van der Waals surface area contributed by atoms with Crippen molar-refractivity contribution in [1.29, 1.82) is 0 Å². The van der Waals surface area contributed by atoms with Crippen LogP contribution in [0.2, 0.25) is 5.02 Å². The number of sulfone groups is 1. The number of pyridine rings is 1. The lowest BCUT2D eigenvalue weighted by Crippen LogP contribution is -2.23. The number of benzene rings is 2. The number of anilines is 1. The van der Waals surface area contributed by atoms with Gasteiger partial charge in [0.1, 0.15) is 0 Å². The van der Waals surface area contributed by atoms with Crippen LogP contribution >= 0.6 is 11.6 Å². The molecule has 0 atom stereocenters. The largest absolute Gasteiger partial charge is 0.501 e. The fourth-order valence-electron chi connectivity index (χ4n) is 4.36. The van der Waals surface area contributed by atoms with Gasteiger partial charge in [0.15, 0.2) is 5.69 Å². The monoisotopic (exact) mass is 575 g/mol. The SMILES string of the molecule is NC(=O)c1nn(-c2ccc(S(=O)(=O)C(F)(F)F)cc2)c2c1CCc1ccc(NC(=O)c3ccncc3Cl)cc1-2. The maximum atomic E-state index is 13.0. The summed E-state index contributed by atoms with van der Waals surface area (Å²) < 4.78 is 63.9. The van der Waals surface area contributed by atoms with E-state index in [9.17, 15) is 31.2 Å². The van der Waals surface area contributed by atoms with E-state index in [0.717, 1.165) is 29.8 Å². The van der Waals surface area contributed by atoms with Gasteiger partial charge in [0.25, 0.3) is 21.7 Å². The Hall–Kier alpha value is -4.23. The zero-order valence-electron chi connectivity index (χ0n) is 19.7. The minimum Gasteiger partial charge on any atom is -0.364 e. The maximum absolute atomic E-state index is 13.0. The van der Waals surface area contributed by atoms with Crippen LogP contribution in [0.25, 0.3) is 16.9 Å². The van der Waals surface area contributed by atoms with E-state index in [-0.39, 0.29) is 22.0 Å². The van der Waals surface area contributed by atoms with E-state index in [1.54, 1.807) is 18.2 Å². The molecule has 5 rings (SSSR count). The molecule has 3 N–H and O–H groups in total. The van der Waals surface area contributed by atoms with Gasteiger partial charge >= 0.3 is 5.51 Å². The first kappa shape index (κ1) is 26.4. The lowest BCUT2D eigenvalue weighted by Gasteiger charge is -2.20. The molecule has 2 aromatic carbocycles. The maximum Gasteiger partial charge on any atom is 0.501 e. The second-order valence-corrected chi connectivity index (χ2v) is 10.9. The molecule has 0 spiro atoms. The number of carbonyl (C=O) groups is 2. The predicted octanol–water partition coefficient (Wildman–Crippen LogP) is 4.33. The van der Waals surface area contributed by atoms with Gasteiger partial charge < -0.3 is 11.1 Å². The van der Waals surface area contributed by atoms with Crippen molar-refractivity contribution < 1.29 is 31.2 Å². The van der Waals surface area contributed by atoms with Crippen molar-refractivity contribution in [2.75, 3.05) is 5.32 Å². The number of rotatable bonds is 5. The molecular formula is C25H17ClF3N5O4S. The summed E-state index contributed by atoms with van der Waals surface area (Å²) >= 11 is 6.07. The Morgan fingerprint density at radius 3 is 2.41 bits per heavy atom. The lowest BCUT2D eigenvalue weighted by molar-refractivity contribution is -0.0436. The number of primary amides is 1. The molecular weight excluding hydrogens is 559 g/mol. The fourth-order valence-corrected chi connectivity index (χ4v) is 5.33. The van der Waals surface area contributed by atoms with Gasteiger partial charge in [0, 0.05) is 29.2 Å². The first-order valence-corrected chi connectivity index (χ1v) is 13.1. The number of carbonyl (C=O) groups excluding carboxylic acids is 2. The Labute approximate surface area is 224 Å². The molecule has 1 aliphatic rings. The van der Waals surface area contributed by atoms with E-state index >= 15 is 0 Å². The third-order valence-electron chi connectivity index (χ3n) is 6.20. The summed E-state index contributed by atoms with van der Waals surface area (Å²) in [5, 5.41) is 7.23. The molecule has 0 saturated heterocycles. The molecule has 0 radical (unpaired) electrons. The Balaban J connectivity index is 1.59. The number of amides is 2. The standard InChI is InChI=1S/C25H17ClF3N5O4S/c26-20-12-31-10-9-17(20)24(36)32-14-3-1-13-2-8-18-21(23(30)35)33-34(22(18)19(13)11-14)15-4-6-16(7-5-15)39(37,38)25(27,28)29/h1,3-7,9-12H,2,8H2,(H2,30,35)(H,32,36). The predicted molar refractivity (Wildman–Crippen MR) is 135 cm³/mol. The summed E-state index contributed by atoms with van der Waals surface area (Å²) in [7, 11) is -5.55. The lowest BCUT2D eigenvalue weighted by atomic mass is 9.88. The minimum atomic E-state index is -5.55. The van der Waals surface area contributed by atoms with Crippen LogP contribution in [0.15, 0.2) is 65.8 Å². The molecule has 2 amide bonds. The highest BCUT2D eigenvalue weighted by Gasteiger charge is 2.46. The normalized spacial score (nSPS) is 12.9. The van der Waals surface area contributed by atoms with Gasteiger partial charge in [-0.15, -0.1) is 0 Å². The number of aryl methyl sites for hydroxylation is 1. The molecule has 0 unspecified atom stereocenters. The first-order chi connectivity index (χ1) is 18.4. The summed E-state index contributed by atoms with van der Waals surface area (Å²) in [5.74, 6) is -1.28. The summed E-state index contributed by atoms with van der Waals surface area (Å²) in [6.45, 7) is 0. The molecule has 2 aromatic heterocycles. The fraction of sp³-hybridized carbons (Fsp3) is 0.120. The molecule has 14 heteroatoms. The van der Waals surface area contributed by atoms with E-state index in [2.05, 4.69) is 15.4 Å². The van der Waals surface area contributed by atoms with Crippen molar-refractivity contribution in [3.05, 3.63) is 88.3 Å². The second-order valence-electron chi connectivity index (χ2n) is 8.58. The zero-order valence-corrected chi connectivity index (χ0v) is 21.2. The van der Waals surface area contributed by atoms with Crippen LogP contribution < -0.4 is 11.1 Å². The van der Waals surface area contributed by atoms with E-state index in [1.165, 1.54) is 23.1 Å². The van der Waals surface area contributed by atoms with E-state index in [4.69, 9.17) is 17.3 Å². The Morgan fingerprint density at radius 1 is 1.05 bits per heavy atom. The highest BCUT2D eigenvalue weighted by molar-refractivity contribution is 7.92. The van der Waals surface area contributed by atoms with Gasteiger partial charge in [-0.1, -0.05) is 17.7 Å². The quantitative estimate of drug-likeness (QED) is 0.363. The molecule has 2 heterocycles. The third kappa shape index (κ3) is 4.63. The molecule has 39 heavy (non-hydrogen) atoms. The van der Waals surface area contributed by atoms with Gasteiger partial charge in [-0.2, -0.15) is 18.3 Å². The number of aromatic nitrogens is 3. The van der Waals surface area contributed by atoms with Crippen LogP contribution in [0, 0.1) is 0 Å². The number of nitrogens with zero attached hydrogens (tertiary/aromatic N) is 3. The molecule has 1 aliphatic carbocycles. The first-order valence-electron chi connectivity index (χ1n) is 11.3. The van der Waals surface area contributed by atoms with Crippen molar-refractivity contribution in [3.63, 3.8) is 0 Å². The summed E-state index contributed by atoms with van der Waals surface area (Å²) in [5.41, 5.74) is 3.29. The van der Waals surface area contributed by atoms with Crippen LogP contribution in [-0.2, 0) is 22.7 Å². The molecule has 0 aliphatic heterocycles. The van der Waals surface area contributed by atoms with Crippen LogP contribution in [-0.4, -0.2) is 40.5 Å². The highest BCUT2D eigenvalue weighted by Crippen LogP contribution is 2.39. The van der Waals surface area contributed by atoms with E-state index in [1.807, 2.05) is 0 Å². The minimum absolute atomic E-state index is 0.0272. The average molecular weight is 576 g/mol. The van der Waals surface area contributed by atoms with E-state index < -0.39 is 32.1 Å². The van der Waals surface area contributed by atoms with Crippen molar-refractivity contribution in [2.45, 2.75) is 23.2 Å². The number of alkyl halides is 3. The second kappa shape index (κ2) is 9.50. The summed E-state index contributed by atoms with van der Waals surface area (Å²) in [6.07, 6.45) is 3.70. The van der Waals surface area contributed by atoms with Crippen LogP contribution in [0.4, 0.5) is 18.9 Å². The van der Waals surface area contributed by atoms with E-state index in [0.29, 0.717) is 35.3 Å². The Morgan fingerprint density at radius 2 is 1.77 bits per heavy atom. The molecule has 9 nitrogen and oxygen atoms in total. The number of hydrogen-bond acceptors (Lipinski definition) is 6. The summed E-state index contributed by atoms with van der Waals surface area (Å²) in [6, 6.07) is 10.6. The van der Waals surface area contributed by atoms with Gasteiger partial charge in [-0.3, -0.25) is 14.6 Å². The Kier molecular flexibility index (Phi) is 6.43. The highest BCUT2D eigenvalue weighted by atomic mass is 35.5. The number of nitrogens with two attached hydrogens (primary N) is 1.